The zero-order valence-corrected chi connectivity index (χ0v) is 15.0. The average molecular weight is 323 g/mol. The van der Waals surface area contributed by atoms with E-state index in [1.165, 1.54) is 16.2 Å². The number of rotatable bonds is 8. The second-order valence-electron chi connectivity index (χ2n) is 6.12. The van der Waals surface area contributed by atoms with Gasteiger partial charge in [-0.25, -0.2) is 0 Å². The standard InChI is InChI=1S/C17H26N2S2/c1-13(2)11-14(19(3)4)12-18-17(15-7-5-9-20-15)16-8-6-10-21-16/h5-10,13-14,17-18H,11-12H2,1-4H3. The summed E-state index contributed by atoms with van der Waals surface area (Å²) in [7, 11) is 4.36. The van der Waals surface area contributed by atoms with Crippen LogP contribution in [0.25, 0.3) is 0 Å². The molecular formula is C17H26N2S2. The lowest BCUT2D eigenvalue weighted by Crippen LogP contribution is -2.40. The molecule has 2 nitrogen and oxygen atoms in total. The third-order valence-electron chi connectivity index (χ3n) is 3.69. The molecule has 116 valence electrons. The number of likely N-dealkylation sites (N-methyl/N-ethyl adjacent to an activating group) is 1. The monoisotopic (exact) mass is 322 g/mol. The van der Waals surface area contributed by atoms with Gasteiger partial charge < -0.3 is 10.2 Å². The number of thiophene rings is 2. The minimum absolute atomic E-state index is 0.333. The first kappa shape index (κ1) is 16.7. The fourth-order valence-electron chi connectivity index (χ4n) is 2.53. The van der Waals surface area contributed by atoms with Crippen molar-refractivity contribution >= 4 is 22.7 Å². The van der Waals surface area contributed by atoms with Gasteiger partial charge in [-0.15, -0.1) is 22.7 Å². The van der Waals surface area contributed by atoms with E-state index < -0.39 is 0 Å². The van der Waals surface area contributed by atoms with Crippen LogP contribution < -0.4 is 5.32 Å². The van der Waals surface area contributed by atoms with E-state index >= 15 is 0 Å². The lowest BCUT2D eigenvalue weighted by Gasteiger charge is -2.28. The van der Waals surface area contributed by atoms with E-state index in [4.69, 9.17) is 0 Å². The Hall–Kier alpha value is -0.680. The van der Waals surface area contributed by atoms with Gasteiger partial charge in [-0.1, -0.05) is 26.0 Å². The van der Waals surface area contributed by atoms with Crippen molar-refractivity contribution in [3.05, 3.63) is 44.8 Å². The summed E-state index contributed by atoms with van der Waals surface area (Å²) in [5, 5.41) is 8.11. The predicted molar refractivity (Wildman–Crippen MR) is 95.4 cm³/mol. The average Bonchev–Trinajstić information content (AvgIpc) is 3.10. The SMILES string of the molecule is CC(C)CC(CNC(c1cccs1)c1cccs1)N(C)C. The summed E-state index contributed by atoms with van der Waals surface area (Å²) in [6.07, 6.45) is 1.22. The molecule has 0 fully saturated rings. The van der Waals surface area contributed by atoms with Crippen molar-refractivity contribution in [2.75, 3.05) is 20.6 Å². The Balaban J connectivity index is 2.05. The molecule has 0 aliphatic rings. The molecule has 2 rings (SSSR count). The summed E-state index contributed by atoms with van der Waals surface area (Å²) in [5.74, 6) is 0.723. The van der Waals surface area contributed by atoms with Gasteiger partial charge in [0.2, 0.25) is 0 Å². The van der Waals surface area contributed by atoms with Crippen molar-refractivity contribution in [1.82, 2.24) is 10.2 Å². The highest BCUT2D eigenvalue weighted by atomic mass is 32.1. The highest BCUT2D eigenvalue weighted by Gasteiger charge is 2.19. The predicted octanol–water partition coefficient (Wildman–Crippen LogP) is 4.46. The minimum Gasteiger partial charge on any atom is -0.305 e. The molecule has 0 bridgehead atoms. The largest absolute Gasteiger partial charge is 0.305 e. The van der Waals surface area contributed by atoms with Crippen LogP contribution in [0.2, 0.25) is 0 Å². The first-order chi connectivity index (χ1) is 10.1. The zero-order valence-electron chi connectivity index (χ0n) is 13.4. The lowest BCUT2D eigenvalue weighted by molar-refractivity contribution is 0.244. The first-order valence-corrected chi connectivity index (χ1v) is 9.30. The molecule has 0 amide bonds. The molecular weight excluding hydrogens is 296 g/mol. The van der Waals surface area contributed by atoms with Gasteiger partial charge >= 0.3 is 0 Å². The molecule has 0 radical (unpaired) electrons. The van der Waals surface area contributed by atoms with Crippen LogP contribution in [0.1, 0.15) is 36.1 Å². The van der Waals surface area contributed by atoms with Crippen molar-refractivity contribution in [2.45, 2.75) is 32.4 Å². The molecule has 0 aromatic carbocycles. The molecule has 4 heteroatoms. The van der Waals surface area contributed by atoms with Crippen LogP contribution in [0, 0.1) is 5.92 Å². The minimum atomic E-state index is 0.333. The molecule has 0 aliphatic carbocycles. The van der Waals surface area contributed by atoms with E-state index in [0.29, 0.717) is 12.1 Å². The van der Waals surface area contributed by atoms with Gasteiger partial charge in [0.1, 0.15) is 0 Å². The Morgan fingerprint density at radius 3 is 2.00 bits per heavy atom. The second-order valence-corrected chi connectivity index (χ2v) is 8.08. The van der Waals surface area contributed by atoms with E-state index in [1.807, 2.05) is 22.7 Å². The Bertz CT molecular complexity index is 455. The lowest BCUT2D eigenvalue weighted by atomic mass is 10.0. The highest BCUT2D eigenvalue weighted by Crippen LogP contribution is 2.29. The quantitative estimate of drug-likeness (QED) is 0.771. The Kier molecular flexibility index (Phi) is 6.42. The molecule has 0 spiro atoms. The molecule has 1 N–H and O–H groups in total. The summed E-state index contributed by atoms with van der Waals surface area (Å²) in [6, 6.07) is 9.65. The molecule has 0 saturated heterocycles. The van der Waals surface area contributed by atoms with Crippen LogP contribution in [-0.2, 0) is 0 Å². The van der Waals surface area contributed by atoms with Gasteiger partial charge in [0, 0.05) is 22.3 Å². The third-order valence-corrected chi connectivity index (χ3v) is 5.56. The van der Waals surface area contributed by atoms with Crippen molar-refractivity contribution in [3.8, 4) is 0 Å². The van der Waals surface area contributed by atoms with Crippen LogP contribution in [0.15, 0.2) is 35.0 Å². The van der Waals surface area contributed by atoms with Crippen molar-refractivity contribution in [1.29, 1.82) is 0 Å². The molecule has 2 aromatic heterocycles. The summed E-state index contributed by atoms with van der Waals surface area (Å²) in [6.45, 7) is 5.62. The Morgan fingerprint density at radius 2 is 1.62 bits per heavy atom. The van der Waals surface area contributed by atoms with E-state index in [2.05, 4.69) is 73.2 Å². The summed E-state index contributed by atoms with van der Waals surface area (Å²) in [4.78, 5) is 5.14. The van der Waals surface area contributed by atoms with Crippen molar-refractivity contribution in [2.24, 2.45) is 5.92 Å². The molecule has 2 heterocycles. The van der Waals surface area contributed by atoms with Gasteiger partial charge in [0.25, 0.3) is 0 Å². The normalized spacial score (nSPS) is 13.5. The smallest absolute Gasteiger partial charge is 0.0765 e. The Labute approximate surface area is 136 Å². The fourth-order valence-corrected chi connectivity index (χ4v) is 4.24. The maximum absolute atomic E-state index is 3.79. The van der Waals surface area contributed by atoms with Gasteiger partial charge in [0.05, 0.1) is 6.04 Å². The zero-order chi connectivity index (χ0) is 15.2. The summed E-state index contributed by atoms with van der Waals surface area (Å²) in [5.41, 5.74) is 0. The fraction of sp³-hybridized carbons (Fsp3) is 0.529. The van der Waals surface area contributed by atoms with Crippen molar-refractivity contribution in [3.63, 3.8) is 0 Å². The van der Waals surface area contributed by atoms with Crippen LogP contribution in [0.3, 0.4) is 0 Å². The third kappa shape index (κ3) is 4.92. The molecule has 21 heavy (non-hydrogen) atoms. The number of hydrogen-bond acceptors (Lipinski definition) is 4. The molecule has 1 atom stereocenters. The molecule has 0 saturated carbocycles. The van der Waals surface area contributed by atoms with Crippen LogP contribution in [0.5, 0.6) is 0 Å². The number of hydrogen-bond donors (Lipinski definition) is 1. The molecule has 1 unspecified atom stereocenters. The summed E-state index contributed by atoms with van der Waals surface area (Å²) >= 11 is 3.67. The van der Waals surface area contributed by atoms with Gasteiger partial charge in [-0.05, 0) is 49.3 Å². The van der Waals surface area contributed by atoms with E-state index in [9.17, 15) is 0 Å². The van der Waals surface area contributed by atoms with E-state index in [1.54, 1.807) is 0 Å². The van der Waals surface area contributed by atoms with Crippen molar-refractivity contribution < 1.29 is 0 Å². The van der Waals surface area contributed by atoms with Crippen LogP contribution in [0.4, 0.5) is 0 Å². The van der Waals surface area contributed by atoms with E-state index in [0.717, 1.165) is 12.5 Å². The topological polar surface area (TPSA) is 15.3 Å². The molecule has 0 aliphatic heterocycles. The van der Waals surface area contributed by atoms with Crippen LogP contribution >= 0.6 is 22.7 Å². The first-order valence-electron chi connectivity index (χ1n) is 7.54. The molecule has 2 aromatic rings. The van der Waals surface area contributed by atoms with Gasteiger partial charge in [0.15, 0.2) is 0 Å². The van der Waals surface area contributed by atoms with Crippen LogP contribution in [-0.4, -0.2) is 31.6 Å². The second kappa shape index (κ2) is 8.08. The van der Waals surface area contributed by atoms with E-state index in [-0.39, 0.29) is 0 Å². The van der Waals surface area contributed by atoms with Gasteiger partial charge in [-0.3, -0.25) is 0 Å². The Morgan fingerprint density at radius 1 is 1.05 bits per heavy atom. The maximum atomic E-state index is 3.79. The van der Waals surface area contributed by atoms with Gasteiger partial charge in [-0.2, -0.15) is 0 Å². The summed E-state index contributed by atoms with van der Waals surface area (Å²) < 4.78 is 0. The maximum Gasteiger partial charge on any atom is 0.0765 e. The highest BCUT2D eigenvalue weighted by molar-refractivity contribution is 7.11. The number of nitrogens with zero attached hydrogens (tertiary/aromatic N) is 1. The number of nitrogens with one attached hydrogen (secondary N) is 1.